The van der Waals surface area contributed by atoms with Crippen LogP contribution in [0, 0.1) is 6.92 Å². The van der Waals surface area contributed by atoms with Crippen molar-refractivity contribution in [2.45, 2.75) is 19.8 Å². The zero-order valence-corrected chi connectivity index (χ0v) is 19.4. The molecule has 1 N–H and O–H groups in total. The van der Waals surface area contributed by atoms with E-state index < -0.39 is 5.91 Å². The van der Waals surface area contributed by atoms with Crippen LogP contribution in [0.4, 0.5) is 0 Å². The molecule has 1 amide bonds. The molecule has 0 aliphatic carbocycles. The van der Waals surface area contributed by atoms with Gasteiger partial charge < -0.3 is 10.1 Å². The fraction of sp³-hybridized carbons (Fsp3) is 0.192. The second kappa shape index (κ2) is 11.4. The zero-order chi connectivity index (χ0) is 22.9. The molecule has 3 rings (SSSR count). The smallest absolute Gasteiger partial charge is 0.255 e. The lowest BCUT2D eigenvalue weighted by atomic mass is 10.1. The van der Waals surface area contributed by atoms with E-state index in [4.69, 9.17) is 4.74 Å². The van der Waals surface area contributed by atoms with E-state index in [-0.39, 0.29) is 43.1 Å². The first-order valence-electron chi connectivity index (χ1n) is 10.2. The number of aryl methyl sites for hydroxylation is 1. The molecule has 32 heavy (non-hydrogen) atoms. The van der Waals surface area contributed by atoms with Gasteiger partial charge in [-0.3, -0.25) is 14.4 Å². The summed E-state index contributed by atoms with van der Waals surface area (Å²) in [5.41, 5.74) is 3.20. The summed E-state index contributed by atoms with van der Waals surface area (Å²) >= 11 is 3.37. The summed E-state index contributed by atoms with van der Waals surface area (Å²) < 4.78 is 6.57. The van der Waals surface area contributed by atoms with Crippen molar-refractivity contribution in [2.24, 2.45) is 0 Å². The molecular weight excluding hydrogens is 470 g/mol. The van der Waals surface area contributed by atoms with Gasteiger partial charge in [0.15, 0.2) is 11.6 Å². The van der Waals surface area contributed by atoms with Crippen LogP contribution in [0.15, 0.2) is 77.3 Å². The normalized spacial score (nSPS) is 10.4. The fourth-order valence-corrected chi connectivity index (χ4v) is 3.35. The Kier molecular flexibility index (Phi) is 8.34. The highest BCUT2D eigenvalue weighted by molar-refractivity contribution is 9.10. The Labute approximate surface area is 195 Å². The van der Waals surface area contributed by atoms with E-state index in [0.29, 0.717) is 5.75 Å². The van der Waals surface area contributed by atoms with Crippen LogP contribution in [0.25, 0.3) is 0 Å². The van der Waals surface area contributed by atoms with Crippen LogP contribution in [0.5, 0.6) is 5.75 Å². The minimum absolute atomic E-state index is 0.0798. The first-order valence-corrected chi connectivity index (χ1v) is 11.0. The van der Waals surface area contributed by atoms with Crippen LogP contribution < -0.4 is 10.1 Å². The standard InChI is InChI=1S/C26H24BrNO4/c1-18-6-8-19(9-7-18)14-22(29)16-28-26(31)24-4-2-3-5-25(24)32-17-23(30)15-20-10-12-21(27)13-11-20/h2-13H,14-17H2,1H3,(H,28,31). The van der Waals surface area contributed by atoms with E-state index in [9.17, 15) is 14.4 Å². The van der Waals surface area contributed by atoms with Gasteiger partial charge in [-0.25, -0.2) is 0 Å². The van der Waals surface area contributed by atoms with E-state index in [0.717, 1.165) is 21.2 Å². The summed E-state index contributed by atoms with van der Waals surface area (Å²) in [5, 5.41) is 2.65. The average molecular weight is 494 g/mol. The van der Waals surface area contributed by atoms with Gasteiger partial charge in [0.1, 0.15) is 12.4 Å². The van der Waals surface area contributed by atoms with Gasteiger partial charge in [0.25, 0.3) is 5.91 Å². The van der Waals surface area contributed by atoms with Gasteiger partial charge >= 0.3 is 0 Å². The van der Waals surface area contributed by atoms with Crippen molar-refractivity contribution in [1.82, 2.24) is 5.32 Å². The molecule has 0 saturated heterocycles. The second-order valence-electron chi connectivity index (χ2n) is 7.51. The third-order valence-electron chi connectivity index (χ3n) is 4.80. The molecule has 0 aliphatic heterocycles. The first kappa shape index (κ1) is 23.4. The number of carbonyl (C=O) groups excluding carboxylic acids is 3. The number of ether oxygens (including phenoxy) is 1. The van der Waals surface area contributed by atoms with Crippen LogP contribution in [0.2, 0.25) is 0 Å². The lowest BCUT2D eigenvalue weighted by molar-refractivity contribution is -0.120. The van der Waals surface area contributed by atoms with Crippen molar-refractivity contribution in [3.05, 3.63) is 99.5 Å². The molecule has 0 aromatic heterocycles. The molecule has 0 radical (unpaired) electrons. The van der Waals surface area contributed by atoms with Gasteiger partial charge in [-0.05, 0) is 42.3 Å². The molecule has 0 saturated carbocycles. The average Bonchev–Trinajstić information content (AvgIpc) is 2.79. The van der Waals surface area contributed by atoms with Gasteiger partial charge in [-0.15, -0.1) is 0 Å². The van der Waals surface area contributed by atoms with E-state index in [1.54, 1.807) is 24.3 Å². The summed E-state index contributed by atoms with van der Waals surface area (Å²) in [6.45, 7) is 1.76. The number of nitrogens with one attached hydrogen (secondary N) is 1. The third-order valence-corrected chi connectivity index (χ3v) is 5.33. The quantitative estimate of drug-likeness (QED) is 0.451. The number of rotatable bonds is 10. The molecule has 6 heteroatoms. The van der Waals surface area contributed by atoms with Crippen LogP contribution >= 0.6 is 15.9 Å². The number of ketones is 2. The Morgan fingerprint density at radius 3 is 2.09 bits per heavy atom. The van der Waals surface area contributed by atoms with Crippen molar-refractivity contribution < 1.29 is 19.1 Å². The van der Waals surface area contributed by atoms with E-state index >= 15 is 0 Å². The van der Waals surface area contributed by atoms with Gasteiger partial charge in [0.2, 0.25) is 0 Å². The maximum Gasteiger partial charge on any atom is 0.255 e. The second-order valence-corrected chi connectivity index (χ2v) is 8.43. The number of halogens is 1. The molecule has 0 fully saturated rings. The van der Waals surface area contributed by atoms with E-state index in [2.05, 4.69) is 21.2 Å². The van der Waals surface area contributed by atoms with Crippen molar-refractivity contribution in [1.29, 1.82) is 0 Å². The predicted molar refractivity (Wildman–Crippen MR) is 127 cm³/mol. The van der Waals surface area contributed by atoms with E-state index in [1.165, 1.54) is 0 Å². The SMILES string of the molecule is Cc1ccc(CC(=O)CNC(=O)c2ccccc2OCC(=O)Cc2ccc(Br)cc2)cc1. The molecule has 0 unspecified atom stereocenters. The van der Waals surface area contributed by atoms with Crippen molar-refractivity contribution in [3.63, 3.8) is 0 Å². The number of amides is 1. The molecule has 164 valence electrons. The maximum atomic E-state index is 12.6. The van der Waals surface area contributed by atoms with Gasteiger partial charge in [0, 0.05) is 17.3 Å². The van der Waals surface area contributed by atoms with Gasteiger partial charge in [-0.1, -0.05) is 70.0 Å². The van der Waals surface area contributed by atoms with Crippen molar-refractivity contribution in [3.8, 4) is 5.75 Å². The van der Waals surface area contributed by atoms with Crippen molar-refractivity contribution in [2.75, 3.05) is 13.2 Å². The summed E-state index contributed by atoms with van der Waals surface area (Å²) in [6, 6.07) is 21.9. The van der Waals surface area contributed by atoms with Gasteiger partial charge in [0.05, 0.1) is 12.1 Å². The van der Waals surface area contributed by atoms with Crippen LogP contribution in [0.3, 0.4) is 0 Å². The molecule has 0 heterocycles. The first-order chi connectivity index (χ1) is 15.4. The number of hydrogen-bond donors (Lipinski definition) is 1. The lowest BCUT2D eigenvalue weighted by Gasteiger charge is -2.11. The molecule has 5 nitrogen and oxygen atoms in total. The highest BCUT2D eigenvalue weighted by atomic mass is 79.9. The Morgan fingerprint density at radius 2 is 1.41 bits per heavy atom. The molecule has 3 aromatic rings. The molecule has 0 aliphatic rings. The topological polar surface area (TPSA) is 72.5 Å². The number of benzene rings is 3. The van der Waals surface area contributed by atoms with Gasteiger partial charge in [-0.2, -0.15) is 0 Å². The van der Waals surface area contributed by atoms with Crippen LogP contribution in [-0.2, 0) is 22.4 Å². The predicted octanol–water partition coefficient (Wildman–Crippen LogP) is 4.49. The zero-order valence-electron chi connectivity index (χ0n) is 17.8. The van der Waals surface area contributed by atoms with Crippen LogP contribution in [-0.4, -0.2) is 30.6 Å². The summed E-state index contributed by atoms with van der Waals surface area (Å²) in [7, 11) is 0. The fourth-order valence-electron chi connectivity index (χ4n) is 3.09. The van der Waals surface area contributed by atoms with Crippen LogP contribution in [0.1, 0.15) is 27.0 Å². The lowest BCUT2D eigenvalue weighted by Crippen LogP contribution is -2.30. The molecule has 0 spiro atoms. The monoisotopic (exact) mass is 493 g/mol. The van der Waals surface area contributed by atoms with Crippen molar-refractivity contribution >= 4 is 33.4 Å². The minimum atomic E-state index is -0.418. The molecule has 3 aromatic carbocycles. The number of Topliss-reactive ketones (excluding diaryl/α,β-unsaturated/α-hetero) is 2. The summed E-state index contributed by atoms with van der Waals surface area (Å²) in [6.07, 6.45) is 0.498. The summed E-state index contributed by atoms with van der Waals surface area (Å²) in [5.74, 6) is -0.306. The Hall–Kier alpha value is -3.25. The maximum absolute atomic E-state index is 12.6. The Bertz CT molecular complexity index is 1090. The minimum Gasteiger partial charge on any atom is -0.485 e. The highest BCUT2D eigenvalue weighted by Crippen LogP contribution is 2.18. The molecule has 0 bridgehead atoms. The summed E-state index contributed by atoms with van der Waals surface area (Å²) in [4.78, 5) is 37.1. The number of hydrogen-bond acceptors (Lipinski definition) is 4. The molecule has 0 atom stereocenters. The largest absolute Gasteiger partial charge is 0.485 e. The highest BCUT2D eigenvalue weighted by Gasteiger charge is 2.15. The number of carbonyl (C=O) groups is 3. The Morgan fingerprint density at radius 1 is 0.812 bits per heavy atom. The molecular formula is C26H24BrNO4. The third kappa shape index (κ3) is 7.17. The number of para-hydroxylation sites is 1. The Balaban J connectivity index is 1.52. The van der Waals surface area contributed by atoms with E-state index in [1.807, 2.05) is 55.5 Å².